The Hall–Kier alpha value is -2.10. The van der Waals surface area contributed by atoms with Gasteiger partial charge in [-0.25, -0.2) is 0 Å². The van der Waals surface area contributed by atoms with Crippen LogP contribution in [0.3, 0.4) is 0 Å². The number of carbonyl (C=O) groups excluding carboxylic acids is 1. The number of carbonyl (C=O) groups is 1. The smallest absolute Gasteiger partial charge is 0.282 e. The number of hydrogen-bond donors (Lipinski definition) is 0. The van der Waals surface area contributed by atoms with Crippen molar-refractivity contribution < 1.29 is 9.53 Å². The third-order valence-corrected chi connectivity index (χ3v) is 5.92. The molecule has 0 N–H and O–H groups in total. The maximum Gasteiger partial charge on any atom is 0.282 e. The van der Waals surface area contributed by atoms with E-state index in [1.54, 1.807) is 18.2 Å². The van der Waals surface area contributed by atoms with Crippen LogP contribution in [0.5, 0.6) is 5.75 Å². The normalized spacial score (nSPS) is 12.7. The minimum Gasteiger partial charge on any atom is -0.496 e. The van der Waals surface area contributed by atoms with Gasteiger partial charge in [0.15, 0.2) is 0 Å². The molecule has 0 aliphatic rings. The Kier molecular flexibility index (Phi) is 6.74. The van der Waals surface area contributed by atoms with Gasteiger partial charge < -0.3 is 4.74 Å². The Morgan fingerprint density at radius 3 is 2.57 bits per heavy atom. The fraction of sp³-hybridized carbons (Fsp3) is 0.476. The Labute approximate surface area is 175 Å². The van der Waals surface area contributed by atoms with E-state index in [1.165, 1.54) is 18.6 Å². The first-order valence-corrected chi connectivity index (χ1v) is 10.2. The highest BCUT2D eigenvalue weighted by Crippen LogP contribution is 2.25. The fourth-order valence-corrected chi connectivity index (χ4v) is 3.68. The third-order valence-electron chi connectivity index (χ3n) is 4.31. The lowest BCUT2D eigenvalue weighted by Crippen LogP contribution is -2.18. The number of ether oxygens (including phenoxy) is 1. The Morgan fingerprint density at radius 1 is 1.32 bits per heavy atom. The van der Waals surface area contributed by atoms with Crippen LogP contribution < -0.4 is 9.41 Å². The van der Waals surface area contributed by atoms with Crippen LogP contribution in [0.25, 0.3) is 0 Å². The van der Waals surface area contributed by atoms with Crippen molar-refractivity contribution in [3.05, 3.63) is 45.2 Å². The predicted molar refractivity (Wildman–Crippen MR) is 113 cm³/mol. The molecule has 0 unspecified atom stereocenters. The van der Waals surface area contributed by atoms with E-state index < -0.39 is 11.3 Å². The first-order chi connectivity index (χ1) is 13.0. The zero-order valence-corrected chi connectivity index (χ0v) is 18.7. The molecule has 0 radical (unpaired) electrons. The molecule has 7 heteroatoms. The molecule has 0 saturated heterocycles. The topological polar surface area (TPSA) is 67.4 Å². The van der Waals surface area contributed by atoms with Gasteiger partial charge in [0.05, 0.1) is 24.2 Å². The van der Waals surface area contributed by atoms with Crippen molar-refractivity contribution >= 4 is 29.0 Å². The first-order valence-electron chi connectivity index (χ1n) is 9.03. The summed E-state index contributed by atoms with van der Waals surface area (Å²) < 4.78 is 8.01. The summed E-state index contributed by atoms with van der Waals surface area (Å²) in [6.07, 6.45) is 3.37. The van der Waals surface area contributed by atoms with Crippen molar-refractivity contribution in [2.75, 3.05) is 7.11 Å². The lowest BCUT2D eigenvalue weighted by atomic mass is 9.88. The van der Waals surface area contributed by atoms with Gasteiger partial charge in [0, 0.05) is 22.3 Å². The molecule has 0 bridgehead atoms. The van der Waals surface area contributed by atoms with Crippen LogP contribution in [0.4, 0.5) is 0 Å². The highest BCUT2D eigenvalue weighted by molar-refractivity contribution is 7.04. The molecule has 0 atom stereocenters. The van der Waals surface area contributed by atoms with E-state index in [0.717, 1.165) is 5.56 Å². The summed E-state index contributed by atoms with van der Waals surface area (Å²) in [5.74, 6) is 0.0358. The maximum absolute atomic E-state index is 12.9. The lowest BCUT2D eigenvalue weighted by Gasteiger charge is -2.19. The molecular weight excluding hydrogens is 394 g/mol. The van der Waals surface area contributed by atoms with E-state index in [4.69, 9.17) is 16.3 Å². The molecule has 5 nitrogen and oxygen atoms in total. The number of nitrogens with zero attached hydrogens (tertiary/aromatic N) is 3. The summed E-state index contributed by atoms with van der Waals surface area (Å²) in [5.41, 5.74) is 0.715. The van der Waals surface area contributed by atoms with Gasteiger partial charge in [-0.15, -0.1) is 0 Å². The van der Waals surface area contributed by atoms with Crippen LogP contribution in [-0.4, -0.2) is 17.0 Å². The minimum atomic E-state index is -0.439. The van der Waals surface area contributed by atoms with Crippen molar-refractivity contribution in [2.24, 2.45) is 10.4 Å². The van der Waals surface area contributed by atoms with Crippen molar-refractivity contribution in [3.8, 4) is 11.8 Å². The maximum atomic E-state index is 12.9. The molecule has 0 aliphatic carbocycles. The van der Waals surface area contributed by atoms with Gasteiger partial charge >= 0.3 is 0 Å². The molecule has 2 aromatic rings. The second-order valence-corrected chi connectivity index (χ2v) is 9.70. The molecule has 1 amide bonds. The molecule has 0 saturated carbocycles. The summed E-state index contributed by atoms with van der Waals surface area (Å²) in [5, 5.41) is 9.75. The highest BCUT2D eigenvalue weighted by Gasteiger charge is 2.21. The molecule has 0 fully saturated rings. The largest absolute Gasteiger partial charge is 0.496 e. The van der Waals surface area contributed by atoms with Crippen molar-refractivity contribution in [2.45, 2.75) is 53.0 Å². The highest BCUT2D eigenvalue weighted by atomic mass is 35.5. The van der Waals surface area contributed by atoms with Crippen LogP contribution >= 0.6 is 23.1 Å². The molecule has 0 spiro atoms. The number of amides is 1. The molecule has 1 aromatic carbocycles. The molecule has 0 aliphatic heterocycles. The van der Waals surface area contributed by atoms with Crippen LogP contribution in [-0.2, 0) is 12.0 Å². The van der Waals surface area contributed by atoms with E-state index in [0.29, 0.717) is 33.8 Å². The molecule has 1 heterocycles. The Bertz CT molecular complexity index is 975. The van der Waals surface area contributed by atoms with Crippen molar-refractivity contribution in [3.63, 3.8) is 0 Å². The standard InChI is InChI=1S/C21H26ClN3O2S/c1-20(2,3)25-12-14(9-10-21(4,5)13-23)19(28-25)24-18(26)16-11-15(22)7-8-17(16)27-6/h7-8,11-12H,9-10H2,1-6H3/b24-19-. The second-order valence-electron chi connectivity index (χ2n) is 8.30. The van der Waals surface area contributed by atoms with Gasteiger partial charge in [0.1, 0.15) is 10.4 Å². The summed E-state index contributed by atoms with van der Waals surface area (Å²) in [6, 6.07) is 7.22. The van der Waals surface area contributed by atoms with E-state index in [2.05, 4.69) is 35.8 Å². The zero-order chi connectivity index (χ0) is 21.1. The number of rotatable bonds is 5. The average Bonchev–Trinajstić information content (AvgIpc) is 3.03. The number of hydrogen-bond acceptors (Lipinski definition) is 4. The van der Waals surface area contributed by atoms with Crippen LogP contribution in [0.15, 0.2) is 29.4 Å². The third kappa shape index (κ3) is 5.46. The fourth-order valence-electron chi connectivity index (χ4n) is 2.47. The lowest BCUT2D eigenvalue weighted by molar-refractivity contribution is 0.0996. The number of nitriles is 1. The van der Waals surface area contributed by atoms with Gasteiger partial charge in [0.25, 0.3) is 5.91 Å². The monoisotopic (exact) mass is 419 g/mol. The summed E-state index contributed by atoms with van der Waals surface area (Å²) in [7, 11) is 1.51. The second kappa shape index (κ2) is 8.50. The van der Waals surface area contributed by atoms with Gasteiger partial charge in [-0.05, 0) is 77.2 Å². The Morgan fingerprint density at radius 2 is 2.00 bits per heavy atom. The SMILES string of the molecule is COc1ccc(Cl)cc1C(=O)/N=c1\sn(C(C)(C)C)cc1CCC(C)(C)C#N. The van der Waals surface area contributed by atoms with Crippen molar-refractivity contribution in [1.29, 1.82) is 5.26 Å². The molecule has 28 heavy (non-hydrogen) atoms. The van der Waals surface area contributed by atoms with Crippen LogP contribution in [0, 0.1) is 16.7 Å². The van der Waals surface area contributed by atoms with E-state index >= 15 is 0 Å². The van der Waals surface area contributed by atoms with Gasteiger partial charge in [-0.1, -0.05) is 11.6 Å². The summed E-state index contributed by atoms with van der Waals surface area (Å²) in [6.45, 7) is 10.1. The quantitative estimate of drug-likeness (QED) is 0.669. The zero-order valence-electron chi connectivity index (χ0n) is 17.2. The number of aromatic nitrogens is 1. The average molecular weight is 420 g/mol. The predicted octanol–water partition coefficient (Wildman–Crippen LogP) is 5.19. The molecule has 150 valence electrons. The van der Waals surface area contributed by atoms with Gasteiger partial charge in [-0.2, -0.15) is 10.3 Å². The first kappa shape index (κ1) is 22.2. The van der Waals surface area contributed by atoms with Crippen LogP contribution in [0.1, 0.15) is 57.0 Å². The molecule has 1 aromatic heterocycles. The summed E-state index contributed by atoms with van der Waals surface area (Å²) >= 11 is 7.49. The number of methoxy groups -OCH3 is 1. The summed E-state index contributed by atoms with van der Waals surface area (Å²) in [4.78, 5) is 17.2. The molecule has 2 rings (SSSR count). The van der Waals surface area contributed by atoms with Gasteiger partial charge in [-0.3, -0.25) is 8.75 Å². The minimum absolute atomic E-state index is 0.130. The number of aryl methyl sites for hydroxylation is 1. The van der Waals surface area contributed by atoms with E-state index in [1.807, 2.05) is 20.0 Å². The van der Waals surface area contributed by atoms with Crippen LogP contribution in [0.2, 0.25) is 5.02 Å². The number of halogens is 1. The molecular formula is C21H26ClN3O2S. The number of benzene rings is 1. The van der Waals surface area contributed by atoms with Crippen molar-refractivity contribution in [1.82, 2.24) is 3.96 Å². The van der Waals surface area contributed by atoms with E-state index in [-0.39, 0.29) is 5.54 Å². The van der Waals surface area contributed by atoms with Gasteiger partial charge in [0.2, 0.25) is 0 Å². The Balaban J connectivity index is 2.50. The van der Waals surface area contributed by atoms with E-state index in [9.17, 15) is 10.1 Å².